The molecule has 6 nitrogen and oxygen atoms in total. The minimum atomic E-state index is -2.24. The van der Waals surface area contributed by atoms with E-state index in [2.05, 4.69) is 5.32 Å². The number of benzene rings is 1. The predicted octanol–water partition coefficient (Wildman–Crippen LogP) is 3.94. The van der Waals surface area contributed by atoms with Gasteiger partial charge in [0.1, 0.15) is 12.4 Å². The Kier molecular flexibility index (Phi) is 7.91. The Morgan fingerprint density at radius 1 is 1.31 bits per heavy atom. The van der Waals surface area contributed by atoms with Gasteiger partial charge in [0, 0.05) is 0 Å². The molecule has 3 amide bonds. The molecule has 1 aliphatic heterocycles. The van der Waals surface area contributed by atoms with Crippen molar-refractivity contribution in [1.82, 2.24) is 10.2 Å². The SMILES string of the molecule is C[C@H](/C=C(\F)[C@H](C)NC(=O)C(Cl)(Cl)Cl)C(=O)N1C(=O)OC[C@H]1Cc1ccccc1. The normalized spacial score (nSPS) is 19.5. The van der Waals surface area contributed by atoms with Gasteiger partial charge in [-0.15, -0.1) is 0 Å². The molecule has 1 fully saturated rings. The van der Waals surface area contributed by atoms with Gasteiger partial charge in [0.05, 0.1) is 18.0 Å². The van der Waals surface area contributed by atoms with E-state index < -0.39 is 45.5 Å². The molecule has 0 radical (unpaired) electrons. The van der Waals surface area contributed by atoms with E-state index >= 15 is 0 Å². The summed E-state index contributed by atoms with van der Waals surface area (Å²) in [4.78, 5) is 37.5. The van der Waals surface area contributed by atoms with Crippen LogP contribution in [-0.4, -0.2) is 45.3 Å². The van der Waals surface area contributed by atoms with E-state index in [0.717, 1.165) is 16.5 Å². The molecule has 1 aromatic carbocycles. The number of rotatable bonds is 6. The average Bonchev–Trinajstić information content (AvgIpc) is 3.01. The van der Waals surface area contributed by atoms with Crippen molar-refractivity contribution in [2.75, 3.05) is 6.61 Å². The van der Waals surface area contributed by atoms with Crippen molar-refractivity contribution in [1.29, 1.82) is 0 Å². The van der Waals surface area contributed by atoms with Gasteiger partial charge in [-0.25, -0.2) is 14.1 Å². The number of halogens is 4. The van der Waals surface area contributed by atoms with Gasteiger partial charge in [0.2, 0.25) is 5.91 Å². The lowest BCUT2D eigenvalue weighted by atomic mass is 10.0. The number of nitrogens with one attached hydrogen (secondary N) is 1. The largest absolute Gasteiger partial charge is 0.447 e. The molecule has 0 spiro atoms. The van der Waals surface area contributed by atoms with Crippen molar-refractivity contribution < 1.29 is 23.5 Å². The molecular weight excluding hydrogens is 446 g/mol. The first-order valence-corrected chi connectivity index (χ1v) is 9.92. The molecule has 1 saturated heterocycles. The summed E-state index contributed by atoms with van der Waals surface area (Å²) in [7, 11) is 0. The molecule has 1 heterocycles. The summed E-state index contributed by atoms with van der Waals surface area (Å²) in [5, 5.41) is 2.19. The highest BCUT2D eigenvalue weighted by Gasteiger charge is 2.39. The van der Waals surface area contributed by atoms with E-state index in [1.54, 1.807) is 0 Å². The molecular formula is C19H20Cl3FN2O4. The van der Waals surface area contributed by atoms with Crippen LogP contribution in [0.4, 0.5) is 9.18 Å². The fraction of sp³-hybridized carbons (Fsp3) is 0.421. The highest BCUT2D eigenvalue weighted by Crippen LogP contribution is 2.27. The fourth-order valence-corrected chi connectivity index (χ4v) is 2.95. The van der Waals surface area contributed by atoms with Crippen LogP contribution in [-0.2, 0) is 20.7 Å². The van der Waals surface area contributed by atoms with Crippen LogP contribution in [0.25, 0.3) is 0 Å². The highest BCUT2D eigenvalue weighted by molar-refractivity contribution is 6.76. The monoisotopic (exact) mass is 464 g/mol. The van der Waals surface area contributed by atoms with E-state index in [4.69, 9.17) is 39.5 Å². The predicted molar refractivity (Wildman–Crippen MR) is 108 cm³/mol. The number of imide groups is 1. The first-order chi connectivity index (χ1) is 13.5. The minimum absolute atomic E-state index is 0.0636. The lowest BCUT2D eigenvalue weighted by molar-refractivity contribution is -0.131. The van der Waals surface area contributed by atoms with Crippen LogP contribution in [0, 0.1) is 5.92 Å². The van der Waals surface area contributed by atoms with Crippen LogP contribution >= 0.6 is 34.8 Å². The third kappa shape index (κ3) is 6.32. The Hall–Kier alpha value is -1.83. The smallest absolute Gasteiger partial charge is 0.417 e. The van der Waals surface area contributed by atoms with Crippen LogP contribution < -0.4 is 5.32 Å². The summed E-state index contributed by atoms with van der Waals surface area (Å²) < 4.78 is 17.2. The zero-order chi connectivity index (χ0) is 21.8. The second-order valence-corrected chi connectivity index (χ2v) is 8.94. The quantitative estimate of drug-likeness (QED) is 0.646. The van der Waals surface area contributed by atoms with Crippen molar-refractivity contribution in [2.45, 2.75) is 36.1 Å². The summed E-state index contributed by atoms with van der Waals surface area (Å²) in [6.07, 6.45) is 0.665. The van der Waals surface area contributed by atoms with Crippen molar-refractivity contribution >= 4 is 52.7 Å². The summed E-state index contributed by atoms with van der Waals surface area (Å²) in [6.45, 7) is 2.84. The molecule has 0 saturated carbocycles. The Balaban J connectivity index is 2.07. The van der Waals surface area contributed by atoms with Gasteiger partial charge < -0.3 is 10.1 Å². The molecule has 1 aromatic rings. The second kappa shape index (κ2) is 9.78. The van der Waals surface area contributed by atoms with Gasteiger partial charge >= 0.3 is 6.09 Å². The Morgan fingerprint density at radius 3 is 2.52 bits per heavy atom. The summed E-state index contributed by atoms with van der Waals surface area (Å²) >= 11 is 16.3. The summed E-state index contributed by atoms with van der Waals surface area (Å²) in [6, 6.07) is 7.71. The van der Waals surface area contributed by atoms with Gasteiger partial charge in [-0.1, -0.05) is 65.1 Å². The molecule has 1 aliphatic rings. The van der Waals surface area contributed by atoms with Crippen molar-refractivity contribution in [3.05, 3.63) is 47.8 Å². The number of carbonyl (C=O) groups excluding carboxylic acids is 3. The average molecular weight is 466 g/mol. The molecule has 2 rings (SSSR count). The zero-order valence-electron chi connectivity index (χ0n) is 15.7. The number of hydrogen-bond acceptors (Lipinski definition) is 4. The Labute approximate surface area is 182 Å². The van der Waals surface area contributed by atoms with Crippen LogP contribution in [0.5, 0.6) is 0 Å². The lowest BCUT2D eigenvalue weighted by Gasteiger charge is -2.22. The molecule has 0 bridgehead atoms. The highest BCUT2D eigenvalue weighted by atomic mass is 35.6. The van der Waals surface area contributed by atoms with Gasteiger partial charge in [-0.2, -0.15) is 0 Å². The maximum atomic E-state index is 14.4. The second-order valence-electron chi connectivity index (χ2n) is 6.66. The first-order valence-electron chi connectivity index (χ1n) is 8.79. The maximum absolute atomic E-state index is 14.4. The van der Waals surface area contributed by atoms with Crippen LogP contribution in [0.2, 0.25) is 0 Å². The zero-order valence-corrected chi connectivity index (χ0v) is 18.0. The fourth-order valence-electron chi connectivity index (χ4n) is 2.79. The molecule has 0 aliphatic carbocycles. The molecule has 158 valence electrons. The van der Waals surface area contributed by atoms with E-state index in [1.165, 1.54) is 13.8 Å². The third-order valence-electron chi connectivity index (χ3n) is 4.33. The van der Waals surface area contributed by atoms with Gasteiger partial charge in [0.15, 0.2) is 0 Å². The number of hydrogen-bond donors (Lipinski definition) is 1. The van der Waals surface area contributed by atoms with Crippen LogP contribution in [0.3, 0.4) is 0 Å². The number of alkyl halides is 3. The van der Waals surface area contributed by atoms with Crippen molar-refractivity contribution in [3.8, 4) is 0 Å². The number of ether oxygens (including phenoxy) is 1. The maximum Gasteiger partial charge on any atom is 0.417 e. The third-order valence-corrected chi connectivity index (χ3v) is 4.85. The van der Waals surface area contributed by atoms with Gasteiger partial charge in [-0.3, -0.25) is 9.59 Å². The molecule has 0 unspecified atom stereocenters. The molecule has 0 aromatic heterocycles. The topological polar surface area (TPSA) is 75.7 Å². The lowest BCUT2D eigenvalue weighted by Crippen LogP contribution is -2.43. The van der Waals surface area contributed by atoms with E-state index in [1.807, 2.05) is 30.3 Å². The van der Waals surface area contributed by atoms with Crippen molar-refractivity contribution in [2.24, 2.45) is 5.92 Å². The van der Waals surface area contributed by atoms with Gasteiger partial charge in [0.25, 0.3) is 9.70 Å². The number of carbonyl (C=O) groups is 3. The number of nitrogens with zero attached hydrogens (tertiary/aromatic N) is 1. The minimum Gasteiger partial charge on any atom is -0.447 e. The molecule has 29 heavy (non-hydrogen) atoms. The van der Waals surface area contributed by atoms with Crippen molar-refractivity contribution in [3.63, 3.8) is 0 Å². The van der Waals surface area contributed by atoms with Crippen LogP contribution in [0.15, 0.2) is 42.2 Å². The number of cyclic esters (lactones) is 1. The Bertz CT molecular complexity index is 798. The molecule has 1 N–H and O–H groups in total. The van der Waals surface area contributed by atoms with Crippen LogP contribution in [0.1, 0.15) is 19.4 Å². The summed E-state index contributed by atoms with van der Waals surface area (Å²) in [5.74, 6) is -3.39. The number of amides is 3. The van der Waals surface area contributed by atoms with E-state index in [9.17, 15) is 18.8 Å². The van der Waals surface area contributed by atoms with Gasteiger partial charge in [-0.05, 0) is 31.9 Å². The van der Waals surface area contributed by atoms with E-state index in [-0.39, 0.29) is 6.61 Å². The Morgan fingerprint density at radius 2 is 1.93 bits per heavy atom. The molecule has 3 atom stereocenters. The van der Waals surface area contributed by atoms with E-state index in [0.29, 0.717) is 6.42 Å². The first kappa shape index (κ1) is 23.4. The molecule has 10 heteroatoms. The standard InChI is InChI=1S/C19H20Cl3FN2O4/c1-11(8-15(23)12(2)24-17(27)19(20,21)22)16(26)25-14(10-29-18(25)28)9-13-6-4-3-5-7-13/h3-8,11-12,14H,9-10H2,1-2H3,(H,24,27)/b15-8-/t11-,12+,14-/m1/s1. The summed E-state index contributed by atoms with van der Waals surface area (Å²) in [5.41, 5.74) is 0.936.